The van der Waals surface area contributed by atoms with Crippen molar-refractivity contribution in [3.05, 3.63) is 68.7 Å². The summed E-state index contributed by atoms with van der Waals surface area (Å²) in [6, 6.07) is 10.9. The minimum Gasteiger partial charge on any atom is -0.355 e. The fourth-order valence-corrected chi connectivity index (χ4v) is 3.85. The Morgan fingerprint density at radius 1 is 1.19 bits per heavy atom. The number of halogens is 2. The summed E-state index contributed by atoms with van der Waals surface area (Å²) in [7, 11) is 1.60. The second kappa shape index (κ2) is 8.63. The molecular weight excluding hydrogens is 385 g/mol. The molecule has 0 fully saturated rings. The Morgan fingerprint density at radius 2 is 2.00 bits per heavy atom. The molecule has 0 saturated carbocycles. The Morgan fingerprint density at radius 3 is 2.78 bits per heavy atom. The summed E-state index contributed by atoms with van der Waals surface area (Å²) >= 11 is 12.3. The molecule has 0 radical (unpaired) electrons. The third-order valence-corrected chi connectivity index (χ3v) is 5.19. The number of fused-ring (bicyclic) bond motifs is 1. The van der Waals surface area contributed by atoms with E-state index in [0.717, 1.165) is 16.7 Å². The van der Waals surface area contributed by atoms with Gasteiger partial charge in [0.2, 0.25) is 0 Å². The van der Waals surface area contributed by atoms with E-state index in [1.807, 2.05) is 24.3 Å². The molecule has 5 nitrogen and oxygen atoms in total. The van der Waals surface area contributed by atoms with Gasteiger partial charge in [-0.3, -0.25) is 4.79 Å². The van der Waals surface area contributed by atoms with Crippen molar-refractivity contribution < 1.29 is 9.59 Å². The van der Waals surface area contributed by atoms with Crippen LogP contribution in [0.4, 0.5) is 4.79 Å². The maximum atomic E-state index is 12.5. The molecule has 0 aromatic heterocycles. The molecule has 142 valence electrons. The van der Waals surface area contributed by atoms with Gasteiger partial charge < -0.3 is 15.5 Å². The summed E-state index contributed by atoms with van der Waals surface area (Å²) in [6.45, 7) is 1.61. The number of carbonyl (C=O) groups is 2. The number of nitrogens with one attached hydrogen (secondary N) is 2. The first-order chi connectivity index (χ1) is 13.0. The van der Waals surface area contributed by atoms with Crippen molar-refractivity contribution in [2.24, 2.45) is 0 Å². The lowest BCUT2D eigenvalue weighted by atomic mass is 10.00. The Balaban J connectivity index is 1.55. The second-order valence-corrected chi connectivity index (χ2v) is 7.30. The van der Waals surface area contributed by atoms with E-state index in [0.29, 0.717) is 48.1 Å². The smallest absolute Gasteiger partial charge is 0.317 e. The minimum atomic E-state index is -0.120. The fraction of sp³-hybridized carbons (Fsp3) is 0.300. The van der Waals surface area contributed by atoms with Crippen LogP contribution in [-0.2, 0) is 19.4 Å². The second-order valence-electron chi connectivity index (χ2n) is 6.46. The molecule has 0 unspecified atom stereocenters. The Bertz CT molecular complexity index is 870. The number of hydrogen-bond donors (Lipinski definition) is 2. The van der Waals surface area contributed by atoms with Gasteiger partial charge in [-0.25, -0.2) is 4.79 Å². The highest BCUT2D eigenvalue weighted by atomic mass is 35.5. The first kappa shape index (κ1) is 19.5. The van der Waals surface area contributed by atoms with E-state index in [-0.39, 0.29) is 11.9 Å². The number of carbonyl (C=O) groups excluding carboxylic acids is 2. The Hall–Kier alpha value is -2.24. The summed E-state index contributed by atoms with van der Waals surface area (Å²) in [6.07, 6.45) is 1.37. The molecule has 2 aromatic carbocycles. The van der Waals surface area contributed by atoms with E-state index in [4.69, 9.17) is 23.2 Å². The molecule has 0 aliphatic carbocycles. The summed E-state index contributed by atoms with van der Waals surface area (Å²) in [5.74, 6) is -0.120. The number of amides is 3. The Kier molecular flexibility index (Phi) is 6.24. The van der Waals surface area contributed by atoms with Crippen molar-refractivity contribution in [2.75, 3.05) is 20.1 Å². The average Bonchev–Trinajstić information content (AvgIpc) is 2.66. The molecular formula is C20H21Cl2N3O2. The van der Waals surface area contributed by atoms with Crippen LogP contribution in [0.3, 0.4) is 0 Å². The SMILES string of the molecule is CNC(=O)c1cccc(CCNC(=O)N2CCc3c(Cl)cc(Cl)cc3C2)c1. The molecule has 7 heteroatoms. The van der Waals surface area contributed by atoms with Gasteiger partial charge in [0.25, 0.3) is 5.91 Å². The number of hydrogen-bond acceptors (Lipinski definition) is 2. The molecule has 0 spiro atoms. The van der Waals surface area contributed by atoms with Crippen LogP contribution in [-0.4, -0.2) is 37.0 Å². The van der Waals surface area contributed by atoms with Gasteiger partial charge in [0.15, 0.2) is 0 Å². The fourth-order valence-electron chi connectivity index (χ4n) is 3.22. The molecule has 1 aliphatic rings. The van der Waals surface area contributed by atoms with E-state index in [1.165, 1.54) is 0 Å². The van der Waals surface area contributed by atoms with Crippen molar-refractivity contribution >= 4 is 35.1 Å². The zero-order valence-electron chi connectivity index (χ0n) is 15.0. The van der Waals surface area contributed by atoms with Crippen LogP contribution in [0.5, 0.6) is 0 Å². The topological polar surface area (TPSA) is 61.4 Å². The molecule has 27 heavy (non-hydrogen) atoms. The first-order valence-corrected chi connectivity index (χ1v) is 9.54. The van der Waals surface area contributed by atoms with Crippen LogP contribution in [0.1, 0.15) is 27.0 Å². The summed E-state index contributed by atoms with van der Waals surface area (Å²) < 4.78 is 0. The Labute approximate surface area is 168 Å². The highest BCUT2D eigenvalue weighted by Gasteiger charge is 2.22. The predicted molar refractivity (Wildman–Crippen MR) is 108 cm³/mol. The normalized spacial score (nSPS) is 13.1. The van der Waals surface area contributed by atoms with Gasteiger partial charge in [-0.05, 0) is 53.8 Å². The number of benzene rings is 2. The van der Waals surface area contributed by atoms with Gasteiger partial charge in [-0.15, -0.1) is 0 Å². The molecule has 3 amide bonds. The van der Waals surface area contributed by atoms with E-state index in [9.17, 15) is 9.59 Å². The maximum Gasteiger partial charge on any atom is 0.317 e. The van der Waals surface area contributed by atoms with Crippen LogP contribution in [0.25, 0.3) is 0 Å². The van der Waals surface area contributed by atoms with Gasteiger partial charge in [-0.1, -0.05) is 35.3 Å². The quantitative estimate of drug-likeness (QED) is 0.814. The van der Waals surface area contributed by atoms with Crippen molar-refractivity contribution in [2.45, 2.75) is 19.4 Å². The highest BCUT2D eigenvalue weighted by molar-refractivity contribution is 6.35. The molecule has 0 saturated heterocycles. The largest absolute Gasteiger partial charge is 0.355 e. The van der Waals surface area contributed by atoms with Gasteiger partial charge in [-0.2, -0.15) is 0 Å². The first-order valence-electron chi connectivity index (χ1n) is 8.78. The zero-order valence-corrected chi connectivity index (χ0v) is 16.5. The van der Waals surface area contributed by atoms with E-state index in [1.54, 1.807) is 24.1 Å². The molecule has 1 heterocycles. The van der Waals surface area contributed by atoms with Crippen molar-refractivity contribution in [3.63, 3.8) is 0 Å². The maximum absolute atomic E-state index is 12.5. The van der Waals surface area contributed by atoms with Crippen LogP contribution in [0, 0.1) is 0 Å². The lowest BCUT2D eigenvalue weighted by Crippen LogP contribution is -2.43. The molecule has 2 N–H and O–H groups in total. The van der Waals surface area contributed by atoms with Gasteiger partial charge in [0.1, 0.15) is 0 Å². The van der Waals surface area contributed by atoms with Gasteiger partial charge >= 0.3 is 6.03 Å². The van der Waals surface area contributed by atoms with E-state index in [2.05, 4.69) is 10.6 Å². The molecule has 0 atom stereocenters. The average molecular weight is 406 g/mol. The monoisotopic (exact) mass is 405 g/mol. The number of rotatable bonds is 4. The van der Waals surface area contributed by atoms with Gasteiger partial charge in [0.05, 0.1) is 0 Å². The summed E-state index contributed by atoms with van der Waals surface area (Å²) in [4.78, 5) is 25.9. The van der Waals surface area contributed by atoms with Crippen LogP contribution in [0.2, 0.25) is 10.0 Å². The third-order valence-electron chi connectivity index (χ3n) is 4.64. The van der Waals surface area contributed by atoms with Crippen LogP contribution in [0.15, 0.2) is 36.4 Å². The highest BCUT2D eigenvalue weighted by Crippen LogP contribution is 2.29. The van der Waals surface area contributed by atoms with Crippen molar-refractivity contribution in [1.29, 1.82) is 0 Å². The molecule has 1 aliphatic heterocycles. The summed E-state index contributed by atoms with van der Waals surface area (Å²) in [5.41, 5.74) is 3.67. The number of urea groups is 1. The van der Waals surface area contributed by atoms with Crippen LogP contribution >= 0.6 is 23.2 Å². The van der Waals surface area contributed by atoms with Crippen LogP contribution < -0.4 is 10.6 Å². The number of nitrogens with zero attached hydrogens (tertiary/aromatic N) is 1. The van der Waals surface area contributed by atoms with Gasteiger partial charge in [0, 0.05) is 42.3 Å². The third kappa shape index (κ3) is 4.73. The minimum absolute atomic E-state index is 0.112. The molecule has 3 rings (SSSR count). The summed E-state index contributed by atoms with van der Waals surface area (Å²) in [5, 5.41) is 6.79. The van der Waals surface area contributed by atoms with Crippen molar-refractivity contribution in [1.82, 2.24) is 15.5 Å². The predicted octanol–water partition coefficient (Wildman–Crippen LogP) is 3.66. The lowest BCUT2D eigenvalue weighted by molar-refractivity contribution is 0.0963. The lowest BCUT2D eigenvalue weighted by Gasteiger charge is -2.29. The van der Waals surface area contributed by atoms with E-state index < -0.39 is 0 Å². The molecule has 0 bridgehead atoms. The van der Waals surface area contributed by atoms with Crippen molar-refractivity contribution in [3.8, 4) is 0 Å². The van der Waals surface area contributed by atoms with E-state index >= 15 is 0 Å². The standard InChI is InChI=1S/C20H21Cl2N3O2/c1-23-19(26)14-4-2-3-13(9-14)5-7-24-20(27)25-8-6-17-15(12-25)10-16(21)11-18(17)22/h2-4,9-11H,5-8,12H2,1H3,(H,23,26)(H,24,27). The molecule has 2 aromatic rings. The zero-order chi connectivity index (χ0) is 19.4.